The summed E-state index contributed by atoms with van der Waals surface area (Å²) in [6.07, 6.45) is 0.745. The topological polar surface area (TPSA) is 49.4 Å². The molecule has 4 nitrogen and oxygen atoms in total. The third kappa shape index (κ3) is 5.40. The van der Waals surface area contributed by atoms with E-state index in [0.29, 0.717) is 29.9 Å². The first-order valence-corrected chi connectivity index (χ1v) is 8.73. The van der Waals surface area contributed by atoms with Crippen molar-refractivity contribution in [1.29, 1.82) is 0 Å². The fraction of sp³-hybridized carbons (Fsp3) is 0.571. The quantitative estimate of drug-likeness (QED) is 0.747. The van der Waals surface area contributed by atoms with Crippen molar-refractivity contribution in [3.63, 3.8) is 0 Å². The van der Waals surface area contributed by atoms with Crippen LogP contribution in [0.2, 0.25) is 0 Å². The van der Waals surface area contributed by atoms with Crippen molar-refractivity contribution in [2.45, 2.75) is 31.2 Å². The van der Waals surface area contributed by atoms with Crippen molar-refractivity contribution in [1.82, 2.24) is 9.62 Å². The summed E-state index contributed by atoms with van der Waals surface area (Å²) >= 11 is 5.65. The normalized spacial score (nSPS) is 12.3. The minimum atomic E-state index is -3.42. The molecule has 0 heterocycles. The van der Waals surface area contributed by atoms with Gasteiger partial charge >= 0.3 is 0 Å². The first kappa shape index (κ1) is 17.4. The van der Waals surface area contributed by atoms with Crippen LogP contribution in [0.3, 0.4) is 0 Å². The van der Waals surface area contributed by atoms with Gasteiger partial charge in [0.1, 0.15) is 0 Å². The fourth-order valence-corrected chi connectivity index (χ4v) is 2.88. The maximum atomic E-state index is 12.1. The molecule has 0 aliphatic carbocycles. The van der Waals surface area contributed by atoms with Crippen molar-refractivity contribution in [2.24, 2.45) is 0 Å². The van der Waals surface area contributed by atoms with E-state index in [4.69, 9.17) is 11.6 Å². The molecular weight excluding hydrogens is 296 g/mol. The fourth-order valence-electron chi connectivity index (χ4n) is 1.64. The van der Waals surface area contributed by atoms with Crippen molar-refractivity contribution >= 4 is 21.6 Å². The minimum Gasteiger partial charge on any atom is -0.303 e. The van der Waals surface area contributed by atoms with E-state index in [-0.39, 0.29) is 0 Å². The van der Waals surface area contributed by atoms with Crippen LogP contribution in [-0.4, -0.2) is 45.4 Å². The molecule has 0 saturated heterocycles. The Morgan fingerprint density at radius 3 is 2.35 bits per heavy atom. The summed E-state index contributed by atoms with van der Waals surface area (Å²) in [4.78, 5) is 2.38. The van der Waals surface area contributed by atoms with Gasteiger partial charge in [0.15, 0.2) is 0 Å². The summed E-state index contributed by atoms with van der Waals surface area (Å²) in [7, 11) is -1.45. The Kier molecular flexibility index (Phi) is 6.95. The number of nitrogens with one attached hydrogen (secondary N) is 1. The zero-order valence-electron chi connectivity index (χ0n) is 12.3. The number of nitrogens with zero attached hydrogens (tertiary/aromatic N) is 1. The molecular formula is C14H23ClN2O2S. The second-order valence-corrected chi connectivity index (χ2v) is 7.20. The van der Waals surface area contributed by atoms with Crippen LogP contribution in [0.1, 0.15) is 19.4 Å². The lowest BCUT2D eigenvalue weighted by Crippen LogP contribution is -2.36. The highest BCUT2D eigenvalue weighted by Gasteiger charge is 2.13. The van der Waals surface area contributed by atoms with Gasteiger partial charge in [-0.05, 0) is 45.0 Å². The number of hydrogen-bond donors (Lipinski definition) is 1. The average molecular weight is 319 g/mol. The van der Waals surface area contributed by atoms with Crippen LogP contribution in [0, 0.1) is 0 Å². The van der Waals surface area contributed by atoms with Crippen LogP contribution in [0.5, 0.6) is 0 Å². The number of sulfonamides is 1. The van der Waals surface area contributed by atoms with Gasteiger partial charge in [-0.25, -0.2) is 13.1 Å². The van der Waals surface area contributed by atoms with E-state index in [0.717, 1.165) is 12.0 Å². The Balaban J connectivity index is 2.60. The Morgan fingerprint density at radius 1 is 1.25 bits per heavy atom. The van der Waals surface area contributed by atoms with Gasteiger partial charge in [-0.2, -0.15) is 0 Å². The summed E-state index contributed by atoms with van der Waals surface area (Å²) in [5.41, 5.74) is 1.04. The molecule has 114 valence electrons. The smallest absolute Gasteiger partial charge is 0.240 e. The Bertz CT molecular complexity index is 500. The highest BCUT2D eigenvalue weighted by atomic mass is 35.5. The number of halogens is 1. The second kappa shape index (κ2) is 7.98. The molecule has 1 N–H and O–H groups in total. The van der Waals surface area contributed by atoms with Crippen LogP contribution in [0.25, 0.3) is 0 Å². The third-order valence-corrected chi connectivity index (χ3v) is 4.92. The molecule has 6 heteroatoms. The summed E-state index contributed by atoms with van der Waals surface area (Å²) in [5.74, 6) is 0.534. The van der Waals surface area contributed by atoms with E-state index < -0.39 is 10.0 Å². The zero-order chi connectivity index (χ0) is 15.2. The van der Waals surface area contributed by atoms with Crippen LogP contribution < -0.4 is 4.72 Å². The molecule has 0 fully saturated rings. The van der Waals surface area contributed by atoms with Crippen molar-refractivity contribution < 1.29 is 8.42 Å². The molecule has 0 aliphatic rings. The first-order chi connectivity index (χ1) is 9.36. The monoisotopic (exact) mass is 318 g/mol. The molecule has 0 bridgehead atoms. The molecule has 0 radical (unpaired) electrons. The third-order valence-electron chi connectivity index (χ3n) is 3.25. The second-order valence-electron chi connectivity index (χ2n) is 5.06. The predicted molar refractivity (Wildman–Crippen MR) is 83.8 cm³/mol. The summed E-state index contributed by atoms with van der Waals surface area (Å²) in [6, 6.07) is 7.25. The lowest BCUT2D eigenvalue weighted by atomic mass is 10.2. The van der Waals surface area contributed by atoms with Crippen LogP contribution >= 0.6 is 11.6 Å². The number of aryl methyl sites for hydroxylation is 1. The minimum absolute atomic E-state index is 0.294. The highest BCUT2D eigenvalue weighted by Crippen LogP contribution is 2.11. The number of rotatable bonds is 8. The van der Waals surface area contributed by atoms with Crippen molar-refractivity contribution in [3.05, 3.63) is 29.8 Å². The Morgan fingerprint density at radius 2 is 1.85 bits per heavy atom. The van der Waals surface area contributed by atoms with E-state index >= 15 is 0 Å². The predicted octanol–water partition coefficient (Wildman–Crippen LogP) is 2.09. The largest absolute Gasteiger partial charge is 0.303 e. The molecule has 0 amide bonds. The summed E-state index contributed by atoms with van der Waals surface area (Å²) < 4.78 is 26.8. The standard InChI is InChI=1S/C14H23ClN2O2S/c1-12(2)17(3)11-10-16-20(18,19)14-6-4-13(5-7-14)8-9-15/h4-7,12,16H,8-11H2,1-3H3. The van der Waals surface area contributed by atoms with E-state index in [1.807, 2.05) is 7.05 Å². The van der Waals surface area contributed by atoms with Gasteiger partial charge in [0, 0.05) is 25.0 Å². The molecule has 1 aromatic rings. The zero-order valence-corrected chi connectivity index (χ0v) is 13.8. The van der Waals surface area contributed by atoms with Crippen LogP contribution in [0.15, 0.2) is 29.2 Å². The van der Waals surface area contributed by atoms with Crippen LogP contribution in [-0.2, 0) is 16.4 Å². The van der Waals surface area contributed by atoms with Crippen LogP contribution in [0.4, 0.5) is 0 Å². The van der Waals surface area contributed by atoms with Gasteiger partial charge in [0.25, 0.3) is 0 Å². The van der Waals surface area contributed by atoms with E-state index in [2.05, 4.69) is 23.5 Å². The molecule has 0 aromatic heterocycles. The number of likely N-dealkylation sites (N-methyl/N-ethyl adjacent to an activating group) is 1. The maximum absolute atomic E-state index is 12.1. The number of alkyl halides is 1. The van der Waals surface area contributed by atoms with E-state index in [1.54, 1.807) is 24.3 Å². The molecule has 0 saturated carbocycles. The summed E-state index contributed by atoms with van der Waals surface area (Å²) in [6.45, 7) is 5.23. The van der Waals surface area contributed by atoms with E-state index in [9.17, 15) is 8.42 Å². The molecule has 0 atom stereocenters. The molecule has 1 aromatic carbocycles. The molecule has 0 aliphatic heterocycles. The van der Waals surface area contributed by atoms with Gasteiger partial charge < -0.3 is 4.90 Å². The lowest BCUT2D eigenvalue weighted by Gasteiger charge is -2.20. The van der Waals surface area contributed by atoms with E-state index in [1.165, 1.54) is 0 Å². The molecule has 0 unspecified atom stereocenters. The SMILES string of the molecule is CC(C)N(C)CCNS(=O)(=O)c1ccc(CCCl)cc1. The lowest BCUT2D eigenvalue weighted by molar-refractivity contribution is 0.278. The van der Waals surface area contributed by atoms with Crippen molar-refractivity contribution in [3.8, 4) is 0 Å². The summed E-state index contributed by atoms with van der Waals surface area (Å²) in [5, 5.41) is 0. The number of hydrogen-bond acceptors (Lipinski definition) is 3. The Hall–Kier alpha value is -0.620. The molecule has 20 heavy (non-hydrogen) atoms. The van der Waals surface area contributed by atoms with Crippen molar-refractivity contribution in [2.75, 3.05) is 26.0 Å². The van der Waals surface area contributed by atoms with Gasteiger partial charge in [-0.1, -0.05) is 12.1 Å². The van der Waals surface area contributed by atoms with Gasteiger partial charge in [0.2, 0.25) is 10.0 Å². The maximum Gasteiger partial charge on any atom is 0.240 e. The van der Waals surface area contributed by atoms with Gasteiger partial charge in [-0.15, -0.1) is 11.6 Å². The van der Waals surface area contributed by atoms with Gasteiger partial charge in [0.05, 0.1) is 4.90 Å². The molecule has 1 rings (SSSR count). The Labute approximate surface area is 127 Å². The average Bonchev–Trinajstić information content (AvgIpc) is 2.39. The number of benzene rings is 1. The highest BCUT2D eigenvalue weighted by molar-refractivity contribution is 7.89. The first-order valence-electron chi connectivity index (χ1n) is 6.71. The molecule has 0 spiro atoms. The van der Waals surface area contributed by atoms with Gasteiger partial charge in [-0.3, -0.25) is 0 Å².